The third-order valence-electron chi connectivity index (χ3n) is 2.71. The molecule has 1 aliphatic heterocycles. The van der Waals surface area contributed by atoms with Gasteiger partial charge in [-0.05, 0) is 20.8 Å². The van der Waals surface area contributed by atoms with Crippen LogP contribution in [0.4, 0.5) is 0 Å². The monoisotopic (exact) mass is 190 g/mol. The predicted octanol–water partition coefficient (Wildman–Crippen LogP) is -0.0398. The molecule has 1 saturated heterocycles. The minimum Gasteiger partial charge on any atom is -0.479 e. The van der Waals surface area contributed by atoms with Gasteiger partial charge in [0.1, 0.15) is 0 Å². The fourth-order valence-electron chi connectivity index (χ4n) is 1.37. The molecule has 3 N–H and O–H groups in total. The molecule has 0 bridgehead atoms. The Bertz CT molecular complexity index is 231. The van der Waals surface area contributed by atoms with E-state index in [0.29, 0.717) is 10.1 Å². The highest BCUT2D eigenvalue weighted by Crippen LogP contribution is 2.32. The molecule has 1 rings (SSSR count). The molecule has 13 heavy (non-hydrogen) atoms. The van der Waals surface area contributed by atoms with Crippen LogP contribution in [0.1, 0.15) is 20.8 Å². The fourth-order valence-corrected chi connectivity index (χ4v) is 1.37. The zero-order valence-corrected chi connectivity index (χ0v) is 7.80. The third kappa shape index (κ3) is 1.31. The number of carboxylic acids is 1. The Morgan fingerprint density at radius 3 is 2.00 bits per heavy atom. The van der Waals surface area contributed by atoms with Crippen molar-refractivity contribution in [3.8, 4) is 0 Å². The maximum atomic E-state index is 10.7. The summed E-state index contributed by atoms with van der Waals surface area (Å²) in [4.78, 5) is 10.7. The van der Waals surface area contributed by atoms with Crippen LogP contribution in [0.3, 0.4) is 0 Å². The molecular weight excluding hydrogens is 176 g/mol. The summed E-state index contributed by atoms with van der Waals surface area (Å²) >= 11 is 0. The predicted molar refractivity (Wildman–Crippen MR) is 42.2 cm³/mol. The molecule has 0 spiro atoms. The number of hydrogen-bond donors (Lipinski definition) is 3. The van der Waals surface area contributed by atoms with Crippen LogP contribution in [0, 0.1) is 0 Å². The van der Waals surface area contributed by atoms with E-state index in [-0.39, 0.29) is 0 Å². The van der Waals surface area contributed by atoms with Gasteiger partial charge in [-0.3, -0.25) is 0 Å². The van der Waals surface area contributed by atoms with Crippen molar-refractivity contribution in [3.63, 3.8) is 0 Å². The standard InChI is InChI=1S/C7H14N2O4/c1-4-7(2,3)9(13)5(6(10)11)8(4)12/h4-5,12-13H,1-3H3,(H,10,11)/t4-,5-/m0/s1. The van der Waals surface area contributed by atoms with Gasteiger partial charge in [-0.1, -0.05) is 0 Å². The van der Waals surface area contributed by atoms with E-state index in [0.717, 1.165) is 0 Å². The van der Waals surface area contributed by atoms with Crippen LogP contribution in [-0.2, 0) is 4.79 Å². The number of rotatable bonds is 1. The highest BCUT2D eigenvalue weighted by atomic mass is 16.6. The normalized spacial score (nSPS) is 35.2. The zero-order valence-electron chi connectivity index (χ0n) is 7.80. The summed E-state index contributed by atoms with van der Waals surface area (Å²) in [5.41, 5.74) is -0.780. The number of aliphatic carboxylic acids is 1. The van der Waals surface area contributed by atoms with E-state index in [2.05, 4.69) is 0 Å². The Balaban J connectivity index is 2.98. The van der Waals surface area contributed by atoms with Crippen LogP contribution >= 0.6 is 0 Å². The minimum absolute atomic E-state index is 0.446. The largest absolute Gasteiger partial charge is 0.479 e. The summed E-state index contributed by atoms with van der Waals surface area (Å²) in [6.45, 7) is 4.96. The first-order chi connectivity index (χ1) is 5.80. The second-order valence-corrected chi connectivity index (χ2v) is 3.77. The number of carbonyl (C=O) groups is 1. The molecule has 1 heterocycles. The van der Waals surface area contributed by atoms with Crippen LogP contribution in [-0.4, -0.2) is 49.4 Å². The van der Waals surface area contributed by atoms with E-state index in [4.69, 9.17) is 5.11 Å². The molecule has 0 saturated carbocycles. The Morgan fingerprint density at radius 1 is 1.38 bits per heavy atom. The maximum Gasteiger partial charge on any atom is 0.340 e. The van der Waals surface area contributed by atoms with E-state index >= 15 is 0 Å². The summed E-state index contributed by atoms with van der Waals surface area (Å²) in [5, 5.41) is 28.9. The summed E-state index contributed by atoms with van der Waals surface area (Å²) in [6, 6.07) is -0.446. The molecule has 76 valence electrons. The third-order valence-corrected chi connectivity index (χ3v) is 2.71. The first-order valence-electron chi connectivity index (χ1n) is 3.98. The first kappa shape index (κ1) is 10.4. The van der Waals surface area contributed by atoms with Gasteiger partial charge in [-0.15, -0.1) is 0 Å². The molecule has 6 heteroatoms. The van der Waals surface area contributed by atoms with Crippen molar-refractivity contribution >= 4 is 5.97 Å². The van der Waals surface area contributed by atoms with Crippen molar-refractivity contribution in [2.45, 2.75) is 38.5 Å². The van der Waals surface area contributed by atoms with Gasteiger partial charge in [-0.25, -0.2) is 4.79 Å². The molecule has 0 aliphatic carbocycles. The second-order valence-electron chi connectivity index (χ2n) is 3.77. The van der Waals surface area contributed by atoms with Crippen molar-refractivity contribution in [2.75, 3.05) is 0 Å². The highest BCUT2D eigenvalue weighted by Gasteiger charge is 2.53. The number of hydroxylamine groups is 4. The van der Waals surface area contributed by atoms with Crippen LogP contribution in [0.2, 0.25) is 0 Å². The topological polar surface area (TPSA) is 84.2 Å². The molecule has 0 aromatic heterocycles. The summed E-state index contributed by atoms with van der Waals surface area (Å²) in [6.07, 6.45) is -1.38. The Morgan fingerprint density at radius 2 is 1.85 bits per heavy atom. The molecule has 0 unspecified atom stereocenters. The lowest BCUT2D eigenvalue weighted by Gasteiger charge is -2.28. The van der Waals surface area contributed by atoms with Crippen LogP contribution in [0.5, 0.6) is 0 Å². The lowest BCUT2D eigenvalue weighted by molar-refractivity contribution is -0.223. The van der Waals surface area contributed by atoms with Crippen LogP contribution < -0.4 is 0 Å². The van der Waals surface area contributed by atoms with E-state index < -0.39 is 23.7 Å². The summed E-state index contributed by atoms with van der Waals surface area (Å²) in [7, 11) is 0. The average molecular weight is 190 g/mol. The molecule has 0 radical (unpaired) electrons. The van der Waals surface area contributed by atoms with Gasteiger partial charge in [0.2, 0.25) is 6.17 Å². The molecule has 0 aromatic carbocycles. The zero-order chi connectivity index (χ0) is 10.4. The number of carboxylic acid groups (broad SMARTS) is 1. The van der Waals surface area contributed by atoms with Crippen molar-refractivity contribution in [3.05, 3.63) is 0 Å². The van der Waals surface area contributed by atoms with E-state index in [1.807, 2.05) is 0 Å². The van der Waals surface area contributed by atoms with Gasteiger partial charge < -0.3 is 15.5 Å². The second kappa shape index (κ2) is 2.91. The lowest BCUT2D eigenvalue weighted by atomic mass is 9.98. The summed E-state index contributed by atoms with van der Waals surface area (Å²) < 4.78 is 0. The van der Waals surface area contributed by atoms with Gasteiger partial charge in [0.05, 0.1) is 11.6 Å². The smallest absolute Gasteiger partial charge is 0.340 e. The summed E-state index contributed by atoms with van der Waals surface area (Å²) in [5.74, 6) is -1.28. The van der Waals surface area contributed by atoms with E-state index in [9.17, 15) is 15.2 Å². The molecule has 1 fully saturated rings. The molecule has 2 atom stereocenters. The fraction of sp³-hybridized carbons (Fsp3) is 0.857. The van der Waals surface area contributed by atoms with Crippen LogP contribution in [0.25, 0.3) is 0 Å². The Labute approximate surface area is 75.9 Å². The van der Waals surface area contributed by atoms with Gasteiger partial charge in [0.25, 0.3) is 0 Å². The van der Waals surface area contributed by atoms with Gasteiger partial charge >= 0.3 is 5.97 Å². The number of nitrogens with zero attached hydrogens (tertiary/aromatic N) is 2. The number of hydrogen-bond acceptors (Lipinski definition) is 5. The first-order valence-corrected chi connectivity index (χ1v) is 3.98. The van der Waals surface area contributed by atoms with Gasteiger partial charge in [-0.2, -0.15) is 10.1 Å². The average Bonchev–Trinajstić information content (AvgIpc) is 2.14. The highest BCUT2D eigenvalue weighted by molar-refractivity contribution is 5.73. The lowest BCUT2D eigenvalue weighted by Crippen LogP contribution is -2.46. The minimum atomic E-state index is -1.38. The van der Waals surface area contributed by atoms with Crippen LogP contribution in [0.15, 0.2) is 0 Å². The van der Waals surface area contributed by atoms with Crippen molar-refractivity contribution in [1.82, 2.24) is 10.1 Å². The molecular formula is C7H14N2O4. The molecule has 0 aromatic rings. The van der Waals surface area contributed by atoms with E-state index in [1.54, 1.807) is 20.8 Å². The van der Waals surface area contributed by atoms with E-state index in [1.165, 1.54) is 0 Å². The van der Waals surface area contributed by atoms with Gasteiger partial charge in [0, 0.05) is 0 Å². The van der Waals surface area contributed by atoms with Crippen molar-refractivity contribution < 1.29 is 20.3 Å². The molecule has 6 nitrogen and oxygen atoms in total. The van der Waals surface area contributed by atoms with Gasteiger partial charge in [0.15, 0.2) is 0 Å². The Kier molecular flexibility index (Phi) is 2.33. The van der Waals surface area contributed by atoms with Crippen molar-refractivity contribution in [2.24, 2.45) is 0 Å². The molecule has 1 aliphatic rings. The molecule has 0 amide bonds. The maximum absolute atomic E-state index is 10.7. The van der Waals surface area contributed by atoms with Crippen molar-refractivity contribution in [1.29, 1.82) is 0 Å². The Hall–Kier alpha value is -0.690. The SMILES string of the molecule is C[C@@H]1N(O)[C@H](C(=O)O)N(O)C1(C)C. The quantitative estimate of drug-likeness (QED) is 0.538.